The molecule has 0 rings (SSSR count). The van der Waals surface area contributed by atoms with Gasteiger partial charge in [-0.2, -0.15) is 0 Å². The molecule has 0 aromatic heterocycles. The van der Waals surface area contributed by atoms with Gasteiger partial charge in [0.25, 0.3) is 0 Å². The van der Waals surface area contributed by atoms with Gasteiger partial charge in [0, 0.05) is 6.42 Å². The Kier molecular flexibility index (Phi) is 7.69. The summed E-state index contributed by atoms with van der Waals surface area (Å²) in [6.07, 6.45) is 4.21. The van der Waals surface area contributed by atoms with Crippen LogP contribution in [0.4, 0.5) is 0 Å². The van der Waals surface area contributed by atoms with E-state index in [0.717, 1.165) is 25.7 Å². The molecule has 0 heterocycles. The third kappa shape index (κ3) is 6.58. The Morgan fingerprint density at radius 1 is 1.46 bits per heavy atom. The summed E-state index contributed by atoms with van der Waals surface area (Å²) in [5, 5.41) is 0. The lowest BCUT2D eigenvalue weighted by Crippen LogP contribution is -2.17. The highest BCUT2D eigenvalue weighted by atomic mass is 16.5. The molecular weight excluding hydrogens is 166 g/mol. The number of rotatable bonds is 7. The van der Waals surface area contributed by atoms with Crippen molar-refractivity contribution in [2.45, 2.75) is 52.1 Å². The molecule has 1 unspecified atom stereocenters. The first-order valence-electron chi connectivity index (χ1n) is 5.14. The molecule has 0 aliphatic heterocycles. The zero-order chi connectivity index (χ0) is 10.1. The minimum Gasteiger partial charge on any atom is -0.462 e. The second-order valence-electron chi connectivity index (χ2n) is 3.20. The van der Waals surface area contributed by atoms with Gasteiger partial charge >= 0.3 is 5.97 Å². The van der Waals surface area contributed by atoms with E-state index in [2.05, 4.69) is 6.92 Å². The lowest BCUT2D eigenvalue weighted by molar-refractivity contribution is -0.149. The normalized spacial score (nSPS) is 12.5. The summed E-state index contributed by atoms with van der Waals surface area (Å²) < 4.78 is 5.25. The van der Waals surface area contributed by atoms with Crippen LogP contribution in [-0.2, 0) is 9.53 Å². The van der Waals surface area contributed by atoms with E-state index in [0.29, 0.717) is 13.0 Å². The number of carbonyl (C=O) groups is 1. The van der Waals surface area contributed by atoms with Gasteiger partial charge in [0.05, 0.1) is 0 Å². The Morgan fingerprint density at radius 3 is 2.62 bits per heavy atom. The molecule has 0 bridgehead atoms. The predicted octanol–water partition coefficient (Wildman–Crippen LogP) is 1.85. The first-order valence-corrected chi connectivity index (χ1v) is 5.14. The van der Waals surface area contributed by atoms with Gasteiger partial charge in [0.15, 0.2) is 0 Å². The van der Waals surface area contributed by atoms with Crippen molar-refractivity contribution in [1.82, 2.24) is 0 Å². The number of hydrogen-bond acceptors (Lipinski definition) is 3. The Balaban J connectivity index is 3.60. The van der Waals surface area contributed by atoms with Crippen LogP contribution in [-0.4, -0.2) is 18.6 Å². The zero-order valence-electron chi connectivity index (χ0n) is 8.71. The standard InChI is InChI=1S/C10H21NO2/c1-3-6-9(4-2)13-10(12)7-5-8-11/h9H,3-8,11H2,1-2H3. The molecule has 0 aliphatic carbocycles. The van der Waals surface area contributed by atoms with E-state index >= 15 is 0 Å². The average Bonchev–Trinajstić information content (AvgIpc) is 2.14. The van der Waals surface area contributed by atoms with Crippen molar-refractivity contribution in [3.05, 3.63) is 0 Å². The van der Waals surface area contributed by atoms with E-state index in [9.17, 15) is 4.79 Å². The van der Waals surface area contributed by atoms with Crippen LogP contribution in [0.2, 0.25) is 0 Å². The highest BCUT2D eigenvalue weighted by Crippen LogP contribution is 2.07. The summed E-state index contributed by atoms with van der Waals surface area (Å²) in [4.78, 5) is 11.2. The quantitative estimate of drug-likeness (QED) is 0.619. The summed E-state index contributed by atoms with van der Waals surface area (Å²) in [6.45, 7) is 4.69. The van der Waals surface area contributed by atoms with Crippen LogP contribution in [0.5, 0.6) is 0 Å². The second-order valence-corrected chi connectivity index (χ2v) is 3.20. The highest BCUT2D eigenvalue weighted by Gasteiger charge is 2.10. The number of esters is 1. The Hall–Kier alpha value is -0.570. The molecule has 0 aromatic rings. The maximum Gasteiger partial charge on any atom is 0.306 e. The smallest absolute Gasteiger partial charge is 0.306 e. The van der Waals surface area contributed by atoms with E-state index in [1.807, 2.05) is 6.92 Å². The third-order valence-electron chi connectivity index (χ3n) is 1.95. The van der Waals surface area contributed by atoms with E-state index in [1.165, 1.54) is 0 Å². The Labute approximate surface area is 80.6 Å². The highest BCUT2D eigenvalue weighted by molar-refractivity contribution is 5.69. The third-order valence-corrected chi connectivity index (χ3v) is 1.95. The van der Waals surface area contributed by atoms with E-state index < -0.39 is 0 Å². The largest absolute Gasteiger partial charge is 0.462 e. The molecule has 0 radical (unpaired) electrons. The van der Waals surface area contributed by atoms with Gasteiger partial charge in [-0.1, -0.05) is 20.3 Å². The minimum atomic E-state index is -0.106. The van der Waals surface area contributed by atoms with Crippen molar-refractivity contribution in [1.29, 1.82) is 0 Å². The molecule has 0 aliphatic rings. The van der Waals surface area contributed by atoms with Crippen LogP contribution in [0.25, 0.3) is 0 Å². The topological polar surface area (TPSA) is 52.3 Å². The number of nitrogens with two attached hydrogens (primary N) is 1. The molecule has 0 saturated carbocycles. The summed E-state index contributed by atoms with van der Waals surface area (Å²) in [5.41, 5.74) is 5.29. The number of hydrogen-bond donors (Lipinski definition) is 1. The van der Waals surface area contributed by atoms with Gasteiger partial charge in [-0.3, -0.25) is 4.79 Å². The van der Waals surface area contributed by atoms with Crippen LogP contribution >= 0.6 is 0 Å². The molecule has 0 amide bonds. The van der Waals surface area contributed by atoms with E-state index in [4.69, 9.17) is 10.5 Å². The molecule has 0 aromatic carbocycles. The second kappa shape index (κ2) is 8.05. The molecule has 1 atom stereocenters. The number of carbonyl (C=O) groups excluding carboxylic acids is 1. The molecule has 3 nitrogen and oxygen atoms in total. The SMILES string of the molecule is CCCC(CC)OC(=O)CCCN. The van der Waals surface area contributed by atoms with Crippen molar-refractivity contribution >= 4 is 5.97 Å². The van der Waals surface area contributed by atoms with Gasteiger partial charge in [-0.25, -0.2) is 0 Å². The molecular formula is C10H21NO2. The summed E-state index contributed by atoms with van der Waals surface area (Å²) in [7, 11) is 0. The Morgan fingerprint density at radius 2 is 2.15 bits per heavy atom. The molecule has 3 heteroatoms. The fraction of sp³-hybridized carbons (Fsp3) is 0.900. The van der Waals surface area contributed by atoms with Crippen molar-refractivity contribution in [3.63, 3.8) is 0 Å². The van der Waals surface area contributed by atoms with Gasteiger partial charge in [-0.15, -0.1) is 0 Å². The van der Waals surface area contributed by atoms with Crippen LogP contribution in [0.1, 0.15) is 46.0 Å². The van der Waals surface area contributed by atoms with Crippen molar-refractivity contribution in [3.8, 4) is 0 Å². The summed E-state index contributed by atoms with van der Waals surface area (Å²) in [5.74, 6) is -0.106. The fourth-order valence-corrected chi connectivity index (χ4v) is 1.16. The molecule has 0 spiro atoms. The van der Waals surface area contributed by atoms with Gasteiger partial charge in [-0.05, 0) is 25.8 Å². The van der Waals surface area contributed by atoms with Gasteiger partial charge < -0.3 is 10.5 Å². The van der Waals surface area contributed by atoms with Crippen LogP contribution in [0.15, 0.2) is 0 Å². The lowest BCUT2D eigenvalue weighted by Gasteiger charge is -2.14. The van der Waals surface area contributed by atoms with Gasteiger partial charge in [0.2, 0.25) is 0 Å². The molecule has 0 saturated heterocycles. The maximum absolute atomic E-state index is 11.2. The first-order chi connectivity index (χ1) is 6.24. The van der Waals surface area contributed by atoms with E-state index in [-0.39, 0.29) is 12.1 Å². The predicted molar refractivity (Wildman–Crippen MR) is 53.4 cm³/mol. The minimum absolute atomic E-state index is 0.106. The maximum atomic E-state index is 11.2. The zero-order valence-corrected chi connectivity index (χ0v) is 8.71. The first kappa shape index (κ1) is 12.4. The van der Waals surface area contributed by atoms with Crippen molar-refractivity contribution < 1.29 is 9.53 Å². The lowest BCUT2D eigenvalue weighted by atomic mass is 10.1. The van der Waals surface area contributed by atoms with Crippen molar-refractivity contribution in [2.75, 3.05) is 6.54 Å². The molecule has 13 heavy (non-hydrogen) atoms. The van der Waals surface area contributed by atoms with Crippen LogP contribution < -0.4 is 5.73 Å². The summed E-state index contributed by atoms with van der Waals surface area (Å²) >= 11 is 0. The molecule has 0 fully saturated rings. The van der Waals surface area contributed by atoms with Crippen LogP contribution in [0.3, 0.4) is 0 Å². The van der Waals surface area contributed by atoms with E-state index in [1.54, 1.807) is 0 Å². The molecule has 78 valence electrons. The van der Waals surface area contributed by atoms with Crippen molar-refractivity contribution in [2.24, 2.45) is 5.73 Å². The summed E-state index contributed by atoms with van der Waals surface area (Å²) in [6, 6.07) is 0. The Bertz CT molecular complexity index is 137. The molecule has 2 N–H and O–H groups in total. The average molecular weight is 187 g/mol. The monoisotopic (exact) mass is 187 g/mol. The number of ether oxygens (including phenoxy) is 1. The van der Waals surface area contributed by atoms with Crippen LogP contribution in [0, 0.1) is 0 Å². The fourth-order valence-electron chi connectivity index (χ4n) is 1.16. The van der Waals surface area contributed by atoms with Gasteiger partial charge in [0.1, 0.15) is 6.10 Å².